The van der Waals surface area contributed by atoms with Crippen LogP contribution in [-0.2, 0) is 6.54 Å². The summed E-state index contributed by atoms with van der Waals surface area (Å²) in [5.41, 5.74) is 2.82. The Bertz CT molecular complexity index is 874. The van der Waals surface area contributed by atoms with E-state index in [9.17, 15) is 4.79 Å². The molecule has 0 aliphatic carbocycles. The van der Waals surface area contributed by atoms with Gasteiger partial charge in [-0.2, -0.15) is 0 Å². The number of hydrogen-bond donors (Lipinski definition) is 3. The van der Waals surface area contributed by atoms with E-state index < -0.39 is 0 Å². The lowest BCUT2D eigenvalue weighted by atomic mass is 10.1. The van der Waals surface area contributed by atoms with Crippen LogP contribution in [0.25, 0.3) is 0 Å². The van der Waals surface area contributed by atoms with Crippen molar-refractivity contribution in [1.82, 2.24) is 14.5 Å². The molecule has 0 spiro atoms. The Balaban J connectivity index is 1.60. The summed E-state index contributed by atoms with van der Waals surface area (Å²) in [7, 11) is 0. The number of aliphatic hydroxyl groups is 1. The molecule has 7 nitrogen and oxygen atoms in total. The molecule has 2 aromatic heterocycles. The number of benzene rings is 1. The maximum Gasteiger partial charge on any atom is 0.258 e. The molecule has 2 heterocycles. The minimum absolute atomic E-state index is 0.0229. The SMILES string of the molecule is Cc1cccc(Cn2cnc(NC(=O)c3ccc(NCCO)nc3)c2)c1. The van der Waals surface area contributed by atoms with Crippen LogP contribution >= 0.6 is 0 Å². The average Bonchev–Trinajstić information content (AvgIpc) is 3.07. The second kappa shape index (κ2) is 8.26. The second-order valence-electron chi connectivity index (χ2n) is 5.96. The van der Waals surface area contributed by atoms with E-state index in [1.807, 2.05) is 10.6 Å². The summed E-state index contributed by atoms with van der Waals surface area (Å²) < 4.78 is 1.92. The van der Waals surface area contributed by atoms with Crippen LogP contribution in [-0.4, -0.2) is 38.7 Å². The zero-order valence-corrected chi connectivity index (χ0v) is 14.5. The molecule has 3 N–H and O–H groups in total. The number of nitrogens with one attached hydrogen (secondary N) is 2. The molecule has 0 radical (unpaired) electrons. The molecule has 0 saturated carbocycles. The fourth-order valence-electron chi connectivity index (χ4n) is 2.54. The monoisotopic (exact) mass is 351 g/mol. The molecule has 134 valence electrons. The predicted octanol–water partition coefficient (Wildman–Crippen LogP) is 2.29. The lowest BCUT2D eigenvalue weighted by Gasteiger charge is -2.05. The van der Waals surface area contributed by atoms with Crippen molar-refractivity contribution in [1.29, 1.82) is 0 Å². The fraction of sp³-hybridized carbons (Fsp3) is 0.211. The highest BCUT2D eigenvalue weighted by molar-refractivity contribution is 6.03. The third-order valence-corrected chi connectivity index (χ3v) is 3.77. The first-order valence-corrected chi connectivity index (χ1v) is 8.33. The number of amides is 1. The van der Waals surface area contributed by atoms with Gasteiger partial charge in [-0.15, -0.1) is 0 Å². The van der Waals surface area contributed by atoms with Gasteiger partial charge in [0.2, 0.25) is 0 Å². The van der Waals surface area contributed by atoms with Gasteiger partial charge in [0.1, 0.15) is 5.82 Å². The first kappa shape index (κ1) is 17.6. The minimum atomic E-state index is -0.271. The lowest BCUT2D eigenvalue weighted by molar-refractivity contribution is 0.102. The van der Waals surface area contributed by atoms with Gasteiger partial charge in [0.25, 0.3) is 5.91 Å². The van der Waals surface area contributed by atoms with Gasteiger partial charge in [0, 0.05) is 25.5 Å². The zero-order chi connectivity index (χ0) is 18.4. The highest BCUT2D eigenvalue weighted by Gasteiger charge is 2.09. The summed E-state index contributed by atoms with van der Waals surface area (Å²) in [6.07, 6.45) is 4.97. The number of carbonyl (C=O) groups excluding carboxylic acids is 1. The highest BCUT2D eigenvalue weighted by Crippen LogP contribution is 2.11. The summed E-state index contributed by atoms with van der Waals surface area (Å²) >= 11 is 0. The Morgan fingerprint density at radius 2 is 2.08 bits per heavy atom. The van der Waals surface area contributed by atoms with E-state index >= 15 is 0 Å². The number of anilines is 2. The molecule has 1 amide bonds. The predicted molar refractivity (Wildman–Crippen MR) is 100 cm³/mol. The molecule has 0 unspecified atom stereocenters. The van der Waals surface area contributed by atoms with E-state index in [1.54, 1.807) is 24.7 Å². The van der Waals surface area contributed by atoms with E-state index in [1.165, 1.54) is 17.3 Å². The van der Waals surface area contributed by atoms with E-state index in [4.69, 9.17) is 5.11 Å². The summed E-state index contributed by atoms with van der Waals surface area (Å²) in [4.78, 5) is 20.7. The molecule has 0 fully saturated rings. The van der Waals surface area contributed by atoms with Crippen molar-refractivity contribution >= 4 is 17.5 Å². The van der Waals surface area contributed by atoms with Crippen LogP contribution in [0.2, 0.25) is 0 Å². The number of rotatable bonds is 7. The quantitative estimate of drug-likeness (QED) is 0.607. The lowest BCUT2D eigenvalue weighted by Crippen LogP contribution is -2.13. The molecule has 7 heteroatoms. The van der Waals surface area contributed by atoms with Crippen molar-refractivity contribution in [3.8, 4) is 0 Å². The summed E-state index contributed by atoms with van der Waals surface area (Å²) in [5, 5.41) is 14.5. The van der Waals surface area contributed by atoms with Crippen LogP contribution in [0, 0.1) is 6.92 Å². The maximum atomic E-state index is 12.3. The van der Waals surface area contributed by atoms with Gasteiger partial charge in [-0.05, 0) is 24.6 Å². The number of imidazole rings is 1. The Morgan fingerprint density at radius 3 is 2.81 bits per heavy atom. The molecule has 0 atom stereocenters. The molecule has 0 aliphatic heterocycles. The van der Waals surface area contributed by atoms with Gasteiger partial charge in [-0.1, -0.05) is 29.8 Å². The second-order valence-corrected chi connectivity index (χ2v) is 5.96. The zero-order valence-electron chi connectivity index (χ0n) is 14.5. The number of aromatic nitrogens is 3. The molecule has 0 saturated heterocycles. The van der Waals surface area contributed by atoms with Crippen molar-refractivity contribution in [3.63, 3.8) is 0 Å². The molecule has 0 bridgehead atoms. The fourth-order valence-corrected chi connectivity index (χ4v) is 2.54. The molecule has 3 aromatic rings. The Labute approximate surface area is 151 Å². The average molecular weight is 351 g/mol. The van der Waals surface area contributed by atoms with Gasteiger partial charge in [-0.25, -0.2) is 9.97 Å². The van der Waals surface area contributed by atoms with Gasteiger partial charge < -0.3 is 20.3 Å². The minimum Gasteiger partial charge on any atom is -0.395 e. The maximum absolute atomic E-state index is 12.3. The topological polar surface area (TPSA) is 92.1 Å². The molecular weight excluding hydrogens is 330 g/mol. The normalized spacial score (nSPS) is 10.5. The van der Waals surface area contributed by atoms with Crippen LogP contribution in [0.1, 0.15) is 21.5 Å². The van der Waals surface area contributed by atoms with E-state index in [-0.39, 0.29) is 12.5 Å². The summed E-state index contributed by atoms with van der Waals surface area (Å²) in [5.74, 6) is 0.829. The van der Waals surface area contributed by atoms with E-state index in [2.05, 4.69) is 45.7 Å². The molecule has 26 heavy (non-hydrogen) atoms. The number of hydrogen-bond acceptors (Lipinski definition) is 5. The van der Waals surface area contributed by atoms with Gasteiger partial charge in [0.15, 0.2) is 5.82 Å². The van der Waals surface area contributed by atoms with Gasteiger partial charge >= 0.3 is 0 Å². The largest absolute Gasteiger partial charge is 0.395 e. The van der Waals surface area contributed by atoms with Gasteiger partial charge in [-0.3, -0.25) is 4.79 Å². The van der Waals surface area contributed by atoms with Crippen molar-refractivity contribution in [2.75, 3.05) is 23.8 Å². The molecular formula is C19H21N5O2. The van der Waals surface area contributed by atoms with Crippen LogP contribution in [0.15, 0.2) is 55.1 Å². The number of carbonyl (C=O) groups is 1. The number of aryl methyl sites for hydroxylation is 1. The van der Waals surface area contributed by atoms with Crippen molar-refractivity contribution in [2.45, 2.75) is 13.5 Å². The Morgan fingerprint density at radius 1 is 1.19 bits per heavy atom. The van der Waals surface area contributed by atoms with E-state index in [0.29, 0.717) is 30.3 Å². The third kappa shape index (κ3) is 4.67. The molecule has 3 rings (SSSR count). The Hall–Kier alpha value is -3.19. The highest BCUT2D eigenvalue weighted by atomic mass is 16.3. The number of pyridine rings is 1. The summed E-state index contributed by atoms with van der Waals surface area (Å²) in [6, 6.07) is 11.6. The first-order chi connectivity index (χ1) is 12.6. The van der Waals surface area contributed by atoms with Crippen LogP contribution in [0.4, 0.5) is 11.6 Å². The molecule has 1 aromatic carbocycles. The first-order valence-electron chi connectivity index (χ1n) is 8.33. The smallest absolute Gasteiger partial charge is 0.258 e. The van der Waals surface area contributed by atoms with E-state index in [0.717, 1.165) is 0 Å². The van der Waals surface area contributed by atoms with Gasteiger partial charge in [0.05, 0.1) is 18.5 Å². The molecule has 0 aliphatic rings. The van der Waals surface area contributed by atoms with Crippen molar-refractivity contribution in [2.24, 2.45) is 0 Å². The van der Waals surface area contributed by atoms with Crippen LogP contribution < -0.4 is 10.6 Å². The summed E-state index contributed by atoms with van der Waals surface area (Å²) in [6.45, 7) is 3.19. The van der Waals surface area contributed by atoms with Crippen LogP contribution in [0.3, 0.4) is 0 Å². The van der Waals surface area contributed by atoms with Crippen molar-refractivity contribution in [3.05, 3.63) is 71.8 Å². The van der Waals surface area contributed by atoms with Crippen LogP contribution in [0.5, 0.6) is 0 Å². The third-order valence-electron chi connectivity index (χ3n) is 3.77. The van der Waals surface area contributed by atoms with Crippen molar-refractivity contribution < 1.29 is 9.90 Å². The number of aliphatic hydroxyl groups excluding tert-OH is 1. The number of nitrogens with zero attached hydrogens (tertiary/aromatic N) is 3. The Kier molecular flexibility index (Phi) is 5.60. The standard InChI is InChI=1S/C19H21N5O2/c1-14-3-2-4-15(9-14)11-24-12-18(22-13-24)23-19(26)16-5-6-17(21-10-16)20-7-8-25/h2-6,9-10,12-13,25H,7-8,11H2,1H3,(H,20,21)(H,23,26).